The van der Waals surface area contributed by atoms with Gasteiger partial charge in [0.2, 0.25) is 0 Å². The van der Waals surface area contributed by atoms with Gasteiger partial charge in [-0.3, -0.25) is 5.43 Å². The van der Waals surface area contributed by atoms with Crippen molar-refractivity contribution in [1.29, 1.82) is 0 Å². The van der Waals surface area contributed by atoms with Crippen LogP contribution in [0.3, 0.4) is 0 Å². The molecule has 0 bridgehead atoms. The number of rotatable bonds is 4. The van der Waals surface area contributed by atoms with Crippen molar-refractivity contribution in [2.75, 3.05) is 24.6 Å². The molecule has 1 saturated carbocycles. The van der Waals surface area contributed by atoms with Gasteiger partial charge < -0.3 is 14.4 Å². The number of hydrogen-bond acceptors (Lipinski definition) is 7. The summed E-state index contributed by atoms with van der Waals surface area (Å²) in [7, 11) is 0. The summed E-state index contributed by atoms with van der Waals surface area (Å²) < 4.78 is 11.8. The van der Waals surface area contributed by atoms with Crippen LogP contribution in [0.4, 0.5) is 5.82 Å². The Morgan fingerprint density at radius 3 is 2.77 bits per heavy atom. The largest absolute Gasteiger partial charge is 0.378 e. The molecule has 1 aliphatic carbocycles. The highest BCUT2D eigenvalue weighted by atomic mass is 16.5. The van der Waals surface area contributed by atoms with Gasteiger partial charge in [-0.05, 0) is 40.0 Å². The number of ether oxygens (including phenoxy) is 2. The molecule has 7 nitrogen and oxygen atoms in total. The van der Waals surface area contributed by atoms with E-state index in [4.69, 9.17) is 9.47 Å². The van der Waals surface area contributed by atoms with Gasteiger partial charge in [-0.1, -0.05) is 0 Å². The SMILES string of the molecule is CCOC1CCC2NNC(c3cc(N4C[C@@H](C)O[C@@H](C)C4)ncn3)C2C1. The summed E-state index contributed by atoms with van der Waals surface area (Å²) in [6.45, 7) is 8.85. The lowest BCUT2D eigenvalue weighted by Gasteiger charge is -2.36. The van der Waals surface area contributed by atoms with Crippen LogP contribution in [0.15, 0.2) is 12.4 Å². The first-order valence-corrected chi connectivity index (χ1v) is 9.99. The lowest BCUT2D eigenvalue weighted by Crippen LogP contribution is -2.46. The van der Waals surface area contributed by atoms with Gasteiger partial charge in [0, 0.05) is 37.7 Å². The minimum atomic E-state index is 0.209. The summed E-state index contributed by atoms with van der Waals surface area (Å²) in [6.07, 6.45) is 5.87. The van der Waals surface area contributed by atoms with E-state index in [-0.39, 0.29) is 18.2 Å². The molecule has 2 saturated heterocycles. The summed E-state index contributed by atoms with van der Waals surface area (Å²) in [5.74, 6) is 1.50. The summed E-state index contributed by atoms with van der Waals surface area (Å²) in [6, 6.07) is 2.86. The topological polar surface area (TPSA) is 71.5 Å². The molecule has 3 heterocycles. The van der Waals surface area contributed by atoms with E-state index in [2.05, 4.69) is 52.6 Å². The van der Waals surface area contributed by atoms with Gasteiger partial charge in [-0.2, -0.15) is 0 Å². The summed E-state index contributed by atoms with van der Waals surface area (Å²) in [4.78, 5) is 11.5. The Morgan fingerprint density at radius 2 is 2.00 bits per heavy atom. The number of aromatic nitrogens is 2. The summed E-state index contributed by atoms with van der Waals surface area (Å²) >= 11 is 0. The van der Waals surface area contributed by atoms with Gasteiger partial charge in [-0.15, -0.1) is 0 Å². The molecule has 3 fully saturated rings. The third-order valence-electron chi connectivity index (χ3n) is 5.84. The zero-order valence-electron chi connectivity index (χ0n) is 16.0. The predicted octanol–water partition coefficient (Wildman–Crippen LogP) is 1.81. The Morgan fingerprint density at radius 1 is 1.19 bits per heavy atom. The first kappa shape index (κ1) is 18.1. The quantitative estimate of drug-likeness (QED) is 0.847. The zero-order chi connectivity index (χ0) is 18.1. The highest BCUT2D eigenvalue weighted by Gasteiger charge is 2.42. The minimum Gasteiger partial charge on any atom is -0.378 e. The van der Waals surface area contributed by atoms with Crippen molar-refractivity contribution in [1.82, 2.24) is 20.8 Å². The van der Waals surface area contributed by atoms with Crippen molar-refractivity contribution in [3.05, 3.63) is 18.1 Å². The zero-order valence-corrected chi connectivity index (χ0v) is 16.0. The second kappa shape index (κ2) is 7.76. The van der Waals surface area contributed by atoms with Crippen molar-refractivity contribution >= 4 is 5.82 Å². The van der Waals surface area contributed by atoms with Crippen molar-refractivity contribution < 1.29 is 9.47 Å². The van der Waals surface area contributed by atoms with Gasteiger partial charge >= 0.3 is 0 Å². The standard InChI is InChI=1S/C19H31N5O2/c1-4-25-14-5-6-16-15(7-14)19(23-22-16)17-8-18(21-11-20-17)24-9-12(2)26-13(3)10-24/h8,11-16,19,22-23H,4-7,9-10H2,1-3H3/t12-,13+,14?,15?,16?,19?. The van der Waals surface area contributed by atoms with E-state index in [1.165, 1.54) is 0 Å². The number of nitrogens with zero attached hydrogens (tertiary/aromatic N) is 3. The molecule has 0 amide bonds. The van der Waals surface area contributed by atoms with E-state index in [1.807, 2.05) is 0 Å². The van der Waals surface area contributed by atoms with Crippen LogP contribution in [0.1, 0.15) is 51.8 Å². The Bertz CT molecular complexity index is 605. The molecule has 2 N–H and O–H groups in total. The van der Waals surface area contributed by atoms with Crippen molar-refractivity contribution in [3.63, 3.8) is 0 Å². The molecule has 3 aliphatic rings. The van der Waals surface area contributed by atoms with Crippen LogP contribution in [-0.2, 0) is 9.47 Å². The lowest BCUT2D eigenvalue weighted by molar-refractivity contribution is -0.00549. The molecule has 6 atom stereocenters. The molecule has 0 spiro atoms. The molecule has 1 aromatic rings. The molecule has 26 heavy (non-hydrogen) atoms. The smallest absolute Gasteiger partial charge is 0.132 e. The van der Waals surface area contributed by atoms with Crippen LogP contribution in [0.2, 0.25) is 0 Å². The number of hydrogen-bond donors (Lipinski definition) is 2. The van der Waals surface area contributed by atoms with Gasteiger partial charge in [0.05, 0.1) is 30.0 Å². The average molecular weight is 361 g/mol. The van der Waals surface area contributed by atoms with Crippen LogP contribution in [-0.4, -0.2) is 54.0 Å². The maximum absolute atomic E-state index is 5.91. The fourth-order valence-corrected chi connectivity index (χ4v) is 4.77. The van der Waals surface area contributed by atoms with E-state index in [0.29, 0.717) is 18.1 Å². The van der Waals surface area contributed by atoms with E-state index in [1.54, 1.807) is 6.33 Å². The van der Waals surface area contributed by atoms with Gasteiger partial charge in [0.1, 0.15) is 12.1 Å². The number of nitrogens with one attached hydrogen (secondary N) is 2. The van der Waals surface area contributed by atoms with E-state index >= 15 is 0 Å². The van der Waals surface area contributed by atoms with E-state index < -0.39 is 0 Å². The Balaban J connectivity index is 1.51. The molecule has 0 radical (unpaired) electrons. The Hall–Kier alpha value is -1.28. The molecule has 1 aromatic heterocycles. The normalized spacial score (nSPS) is 37.6. The first-order valence-electron chi connectivity index (χ1n) is 9.99. The van der Waals surface area contributed by atoms with Crippen LogP contribution in [0.5, 0.6) is 0 Å². The van der Waals surface area contributed by atoms with Gasteiger partial charge in [-0.25, -0.2) is 15.4 Å². The highest BCUT2D eigenvalue weighted by Crippen LogP contribution is 2.38. The third kappa shape index (κ3) is 3.71. The second-order valence-electron chi connectivity index (χ2n) is 7.89. The highest BCUT2D eigenvalue weighted by molar-refractivity contribution is 5.40. The predicted molar refractivity (Wildman–Crippen MR) is 99.8 cm³/mol. The molecule has 7 heteroatoms. The lowest BCUT2D eigenvalue weighted by atomic mass is 9.79. The molecule has 2 aliphatic heterocycles. The first-order chi connectivity index (χ1) is 12.6. The van der Waals surface area contributed by atoms with Gasteiger partial charge in [0.15, 0.2) is 0 Å². The third-order valence-corrected chi connectivity index (χ3v) is 5.84. The molecule has 4 rings (SSSR count). The number of anilines is 1. The monoisotopic (exact) mass is 361 g/mol. The molecular weight excluding hydrogens is 330 g/mol. The van der Waals surface area contributed by atoms with Crippen LogP contribution < -0.4 is 15.8 Å². The van der Waals surface area contributed by atoms with E-state index in [9.17, 15) is 0 Å². The maximum atomic E-state index is 5.91. The van der Waals surface area contributed by atoms with E-state index in [0.717, 1.165) is 50.5 Å². The van der Waals surface area contributed by atoms with Gasteiger partial charge in [0.25, 0.3) is 0 Å². The minimum absolute atomic E-state index is 0.209. The number of morpholine rings is 1. The molecular formula is C19H31N5O2. The maximum Gasteiger partial charge on any atom is 0.132 e. The fraction of sp³-hybridized carbons (Fsp3) is 0.789. The average Bonchev–Trinajstić information content (AvgIpc) is 3.04. The molecule has 0 aromatic carbocycles. The van der Waals surface area contributed by atoms with Crippen molar-refractivity contribution in [2.45, 2.75) is 70.4 Å². The number of fused-ring (bicyclic) bond motifs is 1. The van der Waals surface area contributed by atoms with Crippen molar-refractivity contribution in [3.8, 4) is 0 Å². The van der Waals surface area contributed by atoms with Crippen LogP contribution in [0.25, 0.3) is 0 Å². The second-order valence-corrected chi connectivity index (χ2v) is 7.89. The fourth-order valence-electron chi connectivity index (χ4n) is 4.77. The van der Waals surface area contributed by atoms with Crippen LogP contribution in [0, 0.1) is 5.92 Å². The summed E-state index contributed by atoms with van der Waals surface area (Å²) in [5.41, 5.74) is 8.04. The van der Waals surface area contributed by atoms with Crippen LogP contribution >= 0.6 is 0 Å². The Labute approximate surface area is 155 Å². The molecule has 144 valence electrons. The summed E-state index contributed by atoms with van der Waals surface area (Å²) in [5, 5.41) is 0. The molecule has 4 unspecified atom stereocenters. The number of hydrazine groups is 1. The van der Waals surface area contributed by atoms with Crippen molar-refractivity contribution in [2.24, 2.45) is 5.92 Å². The Kier molecular flexibility index (Phi) is 5.40.